The number of rotatable bonds is 8. The van der Waals surface area contributed by atoms with Gasteiger partial charge in [-0.15, -0.1) is 6.58 Å². The Morgan fingerprint density at radius 3 is 2.84 bits per heavy atom. The van der Waals surface area contributed by atoms with E-state index < -0.39 is 0 Å². The van der Waals surface area contributed by atoms with E-state index in [1.54, 1.807) is 17.2 Å². The Morgan fingerprint density at radius 2 is 2.13 bits per heavy atom. The largest absolute Gasteiger partial charge is 0.377 e. The summed E-state index contributed by atoms with van der Waals surface area (Å²) in [4.78, 5) is 25.9. The summed E-state index contributed by atoms with van der Waals surface area (Å²) in [6, 6.07) is 7.98. The quantitative estimate of drug-likeness (QED) is 0.289. The molecule has 0 radical (unpaired) electrons. The fourth-order valence-corrected chi connectivity index (χ4v) is 3.44. The first-order valence-corrected chi connectivity index (χ1v) is 11.6. The number of thioether (sulfide) groups is 1. The zero-order chi connectivity index (χ0) is 22.6. The highest BCUT2D eigenvalue weighted by atomic mass is 32.2. The molecule has 0 spiro atoms. The van der Waals surface area contributed by atoms with Gasteiger partial charge in [0.2, 0.25) is 0 Å². The SMILES string of the molecule is C=CC.CNCCCOCc1cccc(N2CCN(C)c3nc(SC)ncc3C2=O)c1. The van der Waals surface area contributed by atoms with Gasteiger partial charge in [-0.1, -0.05) is 30.0 Å². The van der Waals surface area contributed by atoms with Crippen LogP contribution in [0.15, 0.2) is 48.3 Å². The minimum atomic E-state index is -0.0703. The van der Waals surface area contributed by atoms with Gasteiger partial charge in [0.1, 0.15) is 11.4 Å². The minimum absolute atomic E-state index is 0.0703. The Balaban J connectivity index is 0.00000107. The van der Waals surface area contributed by atoms with Crippen molar-refractivity contribution in [2.75, 3.05) is 56.4 Å². The van der Waals surface area contributed by atoms with E-state index in [9.17, 15) is 4.79 Å². The van der Waals surface area contributed by atoms with Crippen LogP contribution in [-0.4, -0.2) is 62.5 Å². The van der Waals surface area contributed by atoms with Gasteiger partial charge in [-0.2, -0.15) is 0 Å². The second-order valence-electron chi connectivity index (χ2n) is 7.06. The molecule has 1 N–H and O–H groups in total. The van der Waals surface area contributed by atoms with Gasteiger partial charge in [-0.3, -0.25) is 4.79 Å². The van der Waals surface area contributed by atoms with Crippen molar-refractivity contribution in [3.63, 3.8) is 0 Å². The first-order valence-electron chi connectivity index (χ1n) is 10.4. The van der Waals surface area contributed by atoms with Gasteiger partial charge in [0, 0.05) is 38.6 Å². The molecule has 2 aromatic rings. The first kappa shape index (κ1) is 24.8. The molecular weight excluding hydrogens is 410 g/mol. The molecule has 0 aliphatic carbocycles. The van der Waals surface area contributed by atoms with E-state index in [2.05, 4.69) is 21.9 Å². The maximum absolute atomic E-state index is 13.2. The molecule has 168 valence electrons. The van der Waals surface area contributed by atoms with Crippen molar-refractivity contribution in [2.45, 2.75) is 25.1 Å². The van der Waals surface area contributed by atoms with Crippen LogP contribution < -0.4 is 15.1 Å². The van der Waals surface area contributed by atoms with Crippen LogP contribution in [0.5, 0.6) is 0 Å². The summed E-state index contributed by atoms with van der Waals surface area (Å²) < 4.78 is 5.74. The molecule has 1 aromatic heterocycles. The van der Waals surface area contributed by atoms with Gasteiger partial charge in [0.25, 0.3) is 5.91 Å². The predicted octanol–water partition coefficient (Wildman–Crippen LogP) is 3.61. The molecule has 0 unspecified atom stereocenters. The number of carbonyl (C=O) groups is 1. The lowest BCUT2D eigenvalue weighted by Gasteiger charge is -2.21. The number of hydrogen-bond acceptors (Lipinski definition) is 7. The molecule has 0 saturated heterocycles. The smallest absolute Gasteiger partial charge is 0.263 e. The molecule has 31 heavy (non-hydrogen) atoms. The lowest BCUT2D eigenvalue weighted by atomic mass is 10.1. The molecule has 8 heteroatoms. The van der Waals surface area contributed by atoms with E-state index in [0.717, 1.165) is 24.2 Å². The second-order valence-corrected chi connectivity index (χ2v) is 7.83. The third-order valence-electron chi connectivity index (χ3n) is 4.63. The molecule has 1 aliphatic heterocycles. The number of amides is 1. The molecule has 2 heterocycles. The summed E-state index contributed by atoms with van der Waals surface area (Å²) in [5, 5.41) is 3.78. The average Bonchev–Trinajstić information content (AvgIpc) is 2.90. The van der Waals surface area contributed by atoms with Gasteiger partial charge in [-0.25, -0.2) is 9.97 Å². The van der Waals surface area contributed by atoms with Crippen molar-refractivity contribution in [3.05, 3.63) is 54.2 Å². The standard InChI is InChI=1S/C20H27N5O2S.C3H6/c1-21-8-5-11-27-14-15-6-4-7-16(12-15)25-10-9-24(2)18-17(19(25)26)13-22-20(23-18)28-3;1-3-2/h4,6-7,12-13,21H,5,8-11,14H2,1-3H3;3H,1H2,2H3. The number of allylic oxidation sites excluding steroid dienone is 1. The van der Waals surface area contributed by atoms with Crippen molar-refractivity contribution in [3.8, 4) is 0 Å². The zero-order valence-corrected chi connectivity index (χ0v) is 19.7. The Labute approximate surface area is 189 Å². The van der Waals surface area contributed by atoms with E-state index in [-0.39, 0.29) is 5.91 Å². The van der Waals surface area contributed by atoms with Crippen LogP contribution in [0.4, 0.5) is 11.5 Å². The molecule has 0 atom stereocenters. The number of hydrogen-bond donors (Lipinski definition) is 1. The summed E-state index contributed by atoms with van der Waals surface area (Å²) in [6.45, 7) is 8.73. The van der Waals surface area contributed by atoms with Gasteiger partial charge in [0.05, 0.1) is 6.61 Å². The Bertz CT molecular complexity index is 862. The van der Waals surface area contributed by atoms with Crippen LogP contribution in [-0.2, 0) is 11.3 Å². The number of fused-ring (bicyclic) bond motifs is 1. The lowest BCUT2D eigenvalue weighted by Crippen LogP contribution is -2.33. The number of aromatic nitrogens is 2. The summed E-state index contributed by atoms with van der Waals surface area (Å²) in [6.07, 6.45) is 6.29. The number of likely N-dealkylation sites (N-methyl/N-ethyl adjacent to an activating group) is 1. The lowest BCUT2D eigenvalue weighted by molar-refractivity contribution is 0.0989. The van der Waals surface area contributed by atoms with E-state index in [1.165, 1.54) is 11.8 Å². The number of benzene rings is 1. The molecule has 7 nitrogen and oxygen atoms in total. The van der Waals surface area contributed by atoms with Crippen LogP contribution in [0, 0.1) is 0 Å². The van der Waals surface area contributed by atoms with Crippen molar-refractivity contribution in [1.29, 1.82) is 0 Å². The highest BCUT2D eigenvalue weighted by Crippen LogP contribution is 2.27. The fraction of sp³-hybridized carbons (Fsp3) is 0.435. The Kier molecular flexibility index (Phi) is 10.5. The summed E-state index contributed by atoms with van der Waals surface area (Å²) in [5.41, 5.74) is 2.46. The molecular formula is C23H33N5O2S. The summed E-state index contributed by atoms with van der Waals surface area (Å²) in [7, 11) is 3.90. The number of anilines is 2. The van der Waals surface area contributed by atoms with Gasteiger partial charge in [-0.05, 0) is 50.9 Å². The number of ether oxygens (including phenoxy) is 1. The van der Waals surface area contributed by atoms with Crippen LogP contribution in [0.1, 0.15) is 29.3 Å². The normalized spacial score (nSPS) is 13.2. The van der Waals surface area contributed by atoms with E-state index in [1.807, 2.05) is 56.4 Å². The summed E-state index contributed by atoms with van der Waals surface area (Å²) in [5.74, 6) is 0.620. The molecule has 1 aromatic carbocycles. The maximum Gasteiger partial charge on any atom is 0.263 e. The van der Waals surface area contributed by atoms with Crippen LogP contribution in [0.2, 0.25) is 0 Å². The average molecular weight is 444 g/mol. The maximum atomic E-state index is 13.2. The Hall–Kier alpha value is -2.42. The highest BCUT2D eigenvalue weighted by Gasteiger charge is 2.28. The Morgan fingerprint density at radius 1 is 1.35 bits per heavy atom. The van der Waals surface area contributed by atoms with Crippen molar-refractivity contribution in [2.24, 2.45) is 0 Å². The molecule has 1 amide bonds. The number of nitrogens with zero attached hydrogens (tertiary/aromatic N) is 4. The second kappa shape index (κ2) is 13.1. The van der Waals surface area contributed by atoms with Crippen LogP contribution in [0.3, 0.4) is 0 Å². The van der Waals surface area contributed by atoms with Gasteiger partial charge >= 0.3 is 0 Å². The minimum Gasteiger partial charge on any atom is -0.377 e. The molecule has 0 saturated carbocycles. The third kappa shape index (κ3) is 7.05. The van der Waals surface area contributed by atoms with E-state index in [4.69, 9.17) is 4.74 Å². The molecule has 0 fully saturated rings. The monoisotopic (exact) mass is 443 g/mol. The first-order chi connectivity index (χ1) is 15.0. The van der Waals surface area contributed by atoms with Crippen molar-refractivity contribution >= 4 is 29.2 Å². The van der Waals surface area contributed by atoms with Crippen molar-refractivity contribution in [1.82, 2.24) is 15.3 Å². The van der Waals surface area contributed by atoms with E-state index in [0.29, 0.717) is 42.8 Å². The van der Waals surface area contributed by atoms with E-state index >= 15 is 0 Å². The molecule has 1 aliphatic rings. The molecule has 3 rings (SSSR count). The number of carbonyl (C=O) groups excluding carboxylic acids is 1. The third-order valence-corrected chi connectivity index (χ3v) is 5.19. The zero-order valence-electron chi connectivity index (χ0n) is 18.9. The topological polar surface area (TPSA) is 70.6 Å². The summed E-state index contributed by atoms with van der Waals surface area (Å²) >= 11 is 1.47. The fourth-order valence-electron chi connectivity index (χ4n) is 3.10. The van der Waals surface area contributed by atoms with Gasteiger partial charge in [0.15, 0.2) is 5.16 Å². The molecule has 0 bridgehead atoms. The number of nitrogens with one attached hydrogen (secondary N) is 1. The van der Waals surface area contributed by atoms with Crippen LogP contribution in [0.25, 0.3) is 0 Å². The predicted molar refractivity (Wildman–Crippen MR) is 129 cm³/mol. The van der Waals surface area contributed by atoms with Crippen molar-refractivity contribution < 1.29 is 9.53 Å². The highest BCUT2D eigenvalue weighted by molar-refractivity contribution is 7.98. The van der Waals surface area contributed by atoms with Crippen LogP contribution >= 0.6 is 11.8 Å². The van der Waals surface area contributed by atoms with Gasteiger partial charge < -0.3 is 19.9 Å².